The molecule has 16 nitrogen and oxygen atoms in total. The minimum absolute atomic E-state index is 0.00231. The first-order valence-electron chi connectivity index (χ1n) is 8.24. The first-order chi connectivity index (χ1) is 16.1. The molecule has 0 spiro atoms. The Morgan fingerprint density at radius 3 is 1.71 bits per heavy atom. The molecule has 0 aromatic carbocycles. The molecule has 0 aliphatic heterocycles. The van der Waals surface area contributed by atoms with Crippen LogP contribution in [0.15, 0.2) is 48.9 Å². The van der Waals surface area contributed by atoms with Gasteiger partial charge in [-0.05, 0) is 24.3 Å². The molecule has 0 bridgehead atoms. The predicted molar refractivity (Wildman–Crippen MR) is 128 cm³/mol. The number of hydrogen-bond acceptors (Lipinski definition) is 11. The molecule has 20 heteroatoms. The Labute approximate surface area is 211 Å². The summed E-state index contributed by atoms with van der Waals surface area (Å²) in [5, 5.41) is 20.5. The monoisotopic (exact) mass is 572 g/mol. The zero-order chi connectivity index (χ0) is 27.2. The highest BCUT2D eigenvalue weighted by atomic mass is 35.5. The van der Waals surface area contributed by atoms with Crippen LogP contribution in [0.1, 0.15) is 0 Å². The van der Waals surface area contributed by atoms with Crippen molar-refractivity contribution in [3.63, 3.8) is 0 Å². The summed E-state index contributed by atoms with van der Waals surface area (Å²) in [7, 11) is -4.67. The third-order valence-corrected chi connectivity index (χ3v) is 3.53. The van der Waals surface area contributed by atoms with Crippen LogP contribution in [-0.4, -0.2) is 42.4 Å². The molecule has 0 fully saturated rings. The van der Waals surface area contributed by atoms with E-state index in [0.717, 1.165) is 0 Å². The van der Waals surface area contributed by atoms with Crippen LogP contribution in [0.25, 0.3) is 0 Å². The van der Waals surface area contributed by atoms with E-state index in [2.05, 4.69) is 15.0 Å². The molecular formula is C15H15Cl3N8O8S. The van der Waals surface area contributed by atoms with Gasteiger partial charge in [0.2, 0.25) is 5.82 Å². The topological polar surface area (TPSA) is 264 Å². The molecule has 3 heterocycles. The van der Waals surface area contributed by atoms with Gasteiger partial charge in [0, 0.05) is 34.7 Å². The summed E-state index contributed by atoms with van der Waals surface area (Å²) in [4.78, 5) is 30.4. The first-order valence-corrected chi connectivity index (χ1v) is 10.8. The second kappa shape index (κ2) is 15.3. The number of rotatable bonds is 3. The van der Waals surface area contributed by atoms with Crippen molar-refractivity contribution in [1.29, 1.82) is 0 Å². The highest BCUT2D eigenvalue weighted by Gasteiger charge is 2.16. The molecule has 0 aliphatic rings. The van der Waals surface area contributed by atoms with E-state index in [9.17, 15) is 20.2 Å². The maximum absolute atomic E-state index is 10.2. The van der Waals surface area contributed by atoms with Gasteiger partial charge in [-0.1, -0.05) is 40.2 Å². The Bertz CT molecular complexity index is 1210. The lowest BCUT2D eigenvalue weighted by molar-refractivity contribution is -0.445. The molecule has 0 radical (unpaired) electrons. The van der Waals surface area contributed by atoms with Crippen molar-refractivity contribution in [2.24, 2.45) is 0 Å². The first kappa shape index (κ1) is 31.4. The average Bonchev–Trinajstić information content (AvgIpc) is 2.66. The van der Waals surface area contributed by atoms with Crippen molar-refractivity contribution in [2.75, 3.05) is 16.9 Å². The Balaban J connectivity index is 0.000000458. The minimum atomic E-state index is -4.67. The predicted octanol–water partition coefficient (Wildman–Crippen LogP) is 3.23. The van der Waals surface area contributed by atoms with Crippen LogP contribution >= 0.6 is 34.8 Å². The highest BCUT2D eigenvalue weighted by Crippen LogP contribution is 2.27. The van der Waals surface area contributed by atoms with Crippen molar-refractivity contribution >= 4 is 68.3 Å². The number of nitrogen functional groups attached to an aromatic ring is 2. The van der Waals surface area contributed by atoms with Gasteiger partial charge in [0.05, 0.1) is 4.92 Å². The van der Waals surface area contributed by atoms with Crippen LogP contribution in [0.4, 0.5) is 23.1 Å². The lowest BCUT2D eigenvalue weighted by Gasteiger charge is -1.95. The lowest BCUT2D eigenvalue weighted by Crippen LogP contribution is -2.08. The summed E-state index contributed by atoms with van der Waals surface area (Å²) in [5.41, 5.74) is 12.0. The number of hydrogen-bond donors (Lipinski definition) is 5. The fraction of sp³-hybridized carbons (Fsp3) is 0. The van der Waals surface area contributed by atoms with Crippen LogP contribution in [0.5, 0.6) is 0 Å². The second-order valence-electron chi connectivity index (χ2n) is 5.36. The van der Waals surface area contributed by atoms with Crippen molar-refractivity contribution in [3.8, 4) is 0 Å². The molecule has 190 valence electrons. The van der Waals surface area contributed by atoms with E-state index >= 15 is 0 Å². The smallest absolute Gasteiger partial charge is 0.384 e. The molecule has 3 rings (SSSR count). The van der Waals surface area contributed by atoms with Gasteiger partial charge in [0.15, 0.2) is 10.9 Å². The Hall–Kier alpha value is -3.61. The van der Waals surface area contributed by atoms with Gasteiger partial charge < -0.3 is 11.5 Å². The summed E-state index contributed by atoms with van der Waals surface area (Å²) in [5.74, 6) is 0.419. The van der Waals surface area contributed by atoms with Gasteiger partial charge >= 0.3 is 16.1 Å². The maximum Gasteiger partial charge on any atom is 0.394 e. The second-order valence-corrected chi connectivity index (χ2v) is 7.53. The average molecular weight is 574 g/mol. The largest absolute Gasteiger partial charge is 0.394 e. The molecule has 0 unspecified atom stereocenters. The van der Waals surface area contributed by atoms with Crippen LogP contribution in [0.3, 0.4) is 0 Å². The summed E-state index contributed by atoms with van der Waals surface area (Å²) >= 11 is 16.5. The maximum atomic E-state index is 10.2. The quantitative estimate of drug-likeness (QED) is 0.171. The number of nitrogens with one attached hydrogen (secondary N) is 1. The van der Waals surface area contributed by atoms with E-state index in [-0.39, 0.29) is 22.3 Å². The summed E-state index contributed by atoms with van der Waals surface area (Å²) in [6, 6.07) is 7.49. The minimum Gasteiger partial charge on any atom is -0.384 e. The van der Waals surface area contributed by atoms with Crippen LogP contribution in [0, 0.1) is 20.2 Å². The Kier molecular flexibility index (Phi) is 13.7. The molecule has 0 saturated heterocycles. The number of halogens is 3. The van der Waals surface area contributed by atoms with Crippen molar-refractivity contribution in [3.05, 3.63) is 84.2 Å². The third-order valence-electron chi connectivity index (χ3n) is 2.76. The zero-order valence-corrected chi connectivity index (χ0v) is 20.0. The molecule has 7 N–H and O–H groups in total. The van der Waals surface area contributed by atoms with Gasteiger partial charge in [-0.25, -0.2) is 25.1 Å². The molecule has 0 amide bonds. The molecule has 0 aliphatic carbocycles. The van der Waals surface area contributed by atoms with E-state index in [4.69, 9.17) is 63.8 Å². The Morgan fingerprint density at radius 1 is 0.886 bits per heavy atom. The summed E-state index contributed by atoms with van der Waals surface area (Å²) in [6.45, 7) is 0. The molecule has 35 heavy (non-hydrogen) atoms. The van der Waals surface area contributed by atoms with Crippen LogP contribution in [-0.2, 0) is 10.4 Å². The van der Waals surface area contributed by atoms with Crippen molar-refractivity contribution in [2.45, 2.75) is 0 Å². The number of nitrogens with two attached hydrogens (primary N) is 2. The van der Waals surface area contributed by atoms with E-state index < -0.39 is 20.4 Å². The van der Waals surface area contributed by atoms with Crippen molar-refractivity contribution in [1.82, 2.24) is 15.0 Å². The fourth-order valence-electron chi connectivity index (χ4n) is 1.61. The van der Waals surface area contributed by atoms with E-state index in [1.165, 1.54) is 30.6 Å². The number of nitrogens with zero attached hydrogens (tertiary/aromatic N) is 5. The number of aromatic nitrogens is 3. The SMILES string of the molecule is Nc1cc(Cl)ccn1.Nc1nccc(Cl)c1[N+](=O)[O-].O=S(=O)(O)O.O=[N+]([O-])Nc1cc(Cl)ccn1. The number of anilines is 3. The third kappa shape index (κ3) is 16.6. The summed E-state index contributed by atoms with van der Waals surface area (Å²) in [6.07, 6.45) is 4.26. The van der Waals surface area contributed by atoms with Crippen LogP contribution in [0.2, 0.25) is 15.1 Å². The molecule has 0 atom stereocenters. The molecular weight excluding hydrogens is 559 g/mol. The number of nitro groups is 2. The van der Waals surface area contributed by atoms with Crippen LogP contribution < -0.4 is 16.9 Å². The van der Waals surface area contributed by atoms with Gasteiger partial charge in [0.25, 0.3) is 0 Å². The molecule has 3 aromatic heterocycles. The Morgan fingerprint density at radius 2 is 1.37 bits per heavy atom. The van der Waals surface area contributed by atoms with Gasteiger partial charge in [-0.3, -0.25) is 19.2 Å². The normalized spacial score (nSPS) is 9.63. The van der Waals surface area contributed by atoms with E-state index in [0.29, 0.717) is 15.9 Å². The number of pyridine rings is 3. The van der Waals surface area contributed by atoms with Gasteiger partial charge in [-0.2, -0.15) is 8.42 Å². The summed E-state index contributed by atoms with van der Waals surface area (Å²) < 4.78 is 31.6. The standard InChI is InChI=1S/2C5H4ClN3O2.C5H5ClN2.H2O4S/c6-4-1-2-7-5(3-4)8-9(10)11;6-3-1-2-8-5(7)4(3)9(10)11;6-4-1-2-8-5(7)3-4;1-5(2,3)4/h1-3H,(H,7,8);1-2H,(H2,7,8);1-3H,(H2,7,8);(H2,1,2,3,4). The molecule has 3 aromatic rings. The number of hydrazine groups is 1. The lowest BCUT2D eigenvalue weighted by atomic mass is 10.4. The van der Waals surface area contributed by atoms with Gasteiger partial charge in [-0.15, -0.1) is 0 Å². The van der Waals surface area contributed by atoms with Gasteiger partial charge in [0.1, 0.15) is 10.8 Å². The highest BCUT2D eigenvalue weighted by molar-refractivity contribution is 7.79. The fourth-order valence-corrected chi connectivity index (χ4v) is 2.16. The van der Waals surface area contributed by atoms with E-state index in [1.807, 2.05) is 5.43 Å². The zero-order valence-electron chi connectivity index (χ0n) is 16.9. The molecule has 0 saturated carbocycles. The van der Waals surface area contributed by atoms with E-state index in [1.54, 1.807) is 18.3 Å². The van der Waals surface area contributed by atoms with Crippen molar-refractivity contribution < 1.29 is 27.5 Å².